The van der Waals surface area contributed by atoms with Crippen LogP contribution >= 0.6 is 0 Å². The standard InChI is InChI=1S/C17H25N3O2/c1-2-22-16-6-4-3-5-15(16)19-17(21)12-20-10-9-13-7-8-14(11-20)18-13/h3-6,13-14,18H,2,7-12H2,1H3,(H,19,21). The minimum Gasteiger partial charge on any atom is -0.492 e. The van der Waals surface area contributed by atoms with E-state index in [9.17, 15) is 4.79 Å². The van der Waals surface area contributed by atoms with E-state index >= 15 is 0 Å². The Labute approximate surface area is 132 Å². The lowest BCUT2D eigenvalue weighted by molar-refractivity contribution is -0.117. The molecule has 2 aliphatic rings. The molecule has 3 rings (SSSR count). The topological polar surface area (TPSA) is 53.6 Å². The molecule has 5 heteroatoms. The van der Waals surface area contributed by atoms with Crippen molar-refractivity contribution in [3.8, 4) is 5.75 Å². The maximum atomic E-state index is 12.3. The van der Waals surface area contributed by atoms with Crippen LogP contribution in [0.5, 0.6) is 5.75 Å². The SMILES string of the molecule is CCOc1ccccc1NC(=O)CN1CCC2CCC(C1)N2. The van der Waals surface area contributed by atoms with E-state index in [1.807, 2.05) is 31.2 Å². The van der Waals surface area contributed by atoms with Gasteiger partial charge in [-0.15, -0.1) is 0 Å². The molecule has 2 N–H and O–H groups in total. The first-order valence-electron chi connectivity index (χ1n) is 8.24. The summed E-state index contributed by atoms with van der Waals surface area (Å²) in [5.74, 6) is 0.764. The van der Waals surface area contributed by atoms with Crippen molar-refractivity contribution in [1.82, 2.24) is 10.2 Å². The number of likely N-dealkylation sites (tertiary alicyclic amines) is 1. The highest BCUT2D eigenvalue weighted by Gasteiger charge is 2.29. The van der Waals surface area contributed by atoms with Crippen LogP contribution in [0.2, 0.25) is 0 Å². The summed E-state index contributed by atoms with van der Waals surface area (Å²) in [5.41, 5.74) is 0.754. The first-order chi connectivity index (χ1) is 10.7. The van der Waals surface area contributed by atoms with Crippen molar-refractivity contribution in [2.24, 2.45) is 0 Å². The van der Waals surface area contributed by atoms with Gasteiger partial charge in [-0.1, -0.05) is 12.1 Å². The molecular formula is C17H25N3O2. The van der Waals surface area contributed by atoms with Crippen LogP contribution < -0.4 is 15.4 Å². The van der Waals surface area contributed by atoms with E-state index in [1.165, 1.54) is 12.8 Å². The van der Waals surface area contributed by atoms with Crippen molar-refractivity contribution in [2.75, 3.05) is 31.6 Å². The fraction of sp³-hybridized carbons (Fsp3) is 0.588. The number of carbonyl (C=O) groups excluding carboxylic acids is 1. The monoisotopic (exact) mass is 303 g/mol. The number of benzene rings is 1. The third-order valence-corrected chi connectivity index (χ3v) is 4.44. The van der Waals surface area contributed by atoms with E-state index in [0.29, 0.717) is 25.2 Å². The molecule has 0 aliphatic carbocycles. The average molecular weight is 303 g/mol. The molecule has 2 unspecified atom stereocenters. The number of ether oxygens (including phenoxy) is 1. The van der Waals surface area contributed by atoms with Crippen molar-refractivity contribution >= 4 is 11.6 Å². The second kappa shape index (κ2) is 7.11. The van der Waals surface area contributed by atoms with Crippen molar-refractivity contribution in [3.63, 3.8) is 0 Å². The fourth-order valence-electron chi connectivity index (χ4n) is 3.40. The van der Waals surface area contributed by atoms with E-state index < -0.39 is 0 Å². The Morgan fingerprint density at radius 1 is 1.32 bits per heavy atom. The summed E-state index contributed by atoms with van der Waals surface area (Å²) in [4.78, 5) is 14.6. The summed E-state index contributed by atoms with van der Waals surface area (Å²) >= 11 is 0. The predicted molar refractivity (Wildman–Crippen MR) is 87.2 cm³/mol. The molecule has 2 atom stereocenters. The van der Waals surface area contributed by atoms with Gasteiger partial charge in [0.05, 0.1) is 18.8 Å². The Kier molecular flexibility index (Phi) is 4.95. The Balaban J connectivity index is 1.56. The number of hydrogen-bond acceptors (Lipinski definition) is 4. The molecule has 1 aromatic carbocycles. The zero-order valence-corrected chi connectivity index (χ0v) is 13.2. The minimum atomic E-state index is 0.0323. The number of carbonyl (C=O) groups is 1. The molecule has 2 saturated heterocycles. The molecule has 2 bridgehead atoms. The quantitative estimate of drug-likeness (QED) is 0.872. The lowest BCUT2D eigenvalue weighted by Crippen LogP contribution is -2.39. The second-order valence-electron chi connectivity index (χ2n) is 6.14. The molecule has 0 radical (unpaired) electrons. The van der Waals surface area contributed by atoms with E-state index in [-0.39, 0.29) is 5.91 Å². The molecule has 2 aliphatic heterocycles. The van der Waals surface area contributed by atoms with Gasteiger partial charge in [0.1, 0.15) is 5.75 Å². The zero-order valence-electron chi connectivity index (χ0n) is 13.2. The second-order valence-corrected chi connectivity index (χ2v) is 6.14. The van der Waals surface area contributed by atoms with E-state index in [2.05, 4.69) is 15.5 Å². The number of fused-ring (bicyclic) bond motifs is 2. The molecule has 2 fully saturated rings. The molecule has 120 valence electrons. The van der Waals surface area contributed by atoms with Gasteiger partial charge in [0.15, 0.2) is 0 Å². The number of rotatable bonds is 5. The largest absolute Gasteiger partial charge is 0.492 e. The smallest absolute Gasteiger partial charge is 0.238 e. The van der Waals surface area contributed by atoms with Gasteiger partial charge in [-0.05, 0) is 38.3 Å². The van der Waals surface area contributed by atoms with Crippen LogP contribution in [0.4, 0.5) is 5.69 Å². The summed E-state index contributed by atoms with van der Waals surface area (Å²) in [6, 6.07) is 8.79. The molecule has 5 nitrogen and oxygen atoms in total. The third-order valence-electron chi connectivity index (χ3n) is 4.44. The van der Waals surface area contributed by atoms with Crippen LogP contribution in [0.25, 0.3) is 0 Å². The average Bonchev–Trinajstić information content (AvgIpc) is 2.84. The highest BCUT2D eigenvalue weighted by molar-refractivity contribution is 5.93. The van der Waals surface area contributed by atoms with Crippen molar-refractivity contribution in [2.45, 2.75) is 38.3 Å². The Hall–Kier alpha value is -1.59. The Morgan fingerprint density at radius 3 is 3.00 bits per heavy atom. The molecule has 1 aromatic rings. The summed E-state index contributed by atoms with van der Waals surface area (Å²) in [5, 5.41) is 6.62. The first-order valence-corrected chi connectivity index (χ1v) is 8.24. The van der Waals surface area contributed by atoms with E-state index in [1.54, 1.807) is 0 Å². The highest BCUT2D eigenvalue weighted by Crippen LogP contribution is 2.24. The fourth-order valence-corrected chi connectivity index (χ4v) is 3.40. The van der Waals surface area contributed by atoms with Crippen LogP contribution in [-0.4, -0.2) is 49.1 Å². The van der Waals surface area contributed by atoms with Gasteiger partial charge in [0.25, 0.3) is 0 Å². The van der Waals surface area contributed by atoms with Crippen molar-refractivity contribution in [1.29, 1.82) is 0 Å². The van der Waals surface area contributed by atoms with Gasteiger partial charge in [-0.3, -0.25) is 9.69 Å². The number of nitrogens with one attached hydrogen (secondary N) is 2. The van der Waals surface area contributed by atoms with Gasteiger partial charge < -0.3 is 15.4 Å². The van der Waals surface area contributed by atoms with E-state index in [4.69, 9.17) is 4.74 Å². The molecule has 0 spiro atoms. The minimum absolute atomic E-state index is 0.0323. The number of para-hydroxylation sites is 2. The van der Waals surface area contributed by atoms with Crippen LogP contribution in [0.1, 0.15) is 26.2 Å². The number of anilines is 1. The molecule has 2 heterocycles. The lowest BCUT2D eigenvalue weighted by Gasteiger charge is -2.23. The number of nitrogens with zero attached hydrogens (tertiary/aromatic N) is 1. The van der Waals surface area contributed by atoms with Crippen LogP contribution in [0, 0.1) is 0 Å². The lowest BCUT2D eigenvalue weighted by atomic mass is 10.1. The summed E-state index contributed by atoms with van der Waals surface area (Å²) in [7, 11) is 0. The van der Waals surface area contributed by atoms with Gasteiger partial charge in [-0.25, -0.2) is 0 Å². The maximum Gasteiger partial charge on any atom is 0.238 e. The molecular weight excluding hydrogens is 278 g/mol. The predicted octanol–water partition coefficient (Wildman–Crippen LogP) is 1.85. The number of hydrogen-bond donors (Lipinski definition) is 2. The van der Waals surface area contributed by atoms with E-state index in [0.717, 1.165) is 30.9 Å². The number of amides is 1. The van der Waals surface area contributed by atoms with Crippen molar-refractivity contribution < 1.29 is 9.53 Å². The molecule has 0 aromatic heterocycles. The van der Waals surface area contributed by atoms with Crippen molar-refractivity contribution in [3.05, 3.63) is 24.3 Å². The van der Waals surface area contributed by atoms with Gasteiger partial charge >= 0.3 is 0 Å². The molecule has 22 heavy (non-hydrogen) atoms. The molecule has 0 saturated carbocycles. The maximum absolute atomic E-state index is 12.3. The first kappa shape index (κ1) is 15.3. The van der Waals surface area contributed by atoms with Crippen LogP contribution in [0.15, 0.2) is 24.3 Å². The zero-order chi connectivity index (χ0) is 15.4. The highest BCUT2D eigenvalue weighted by atomic mass is 16.5. The summed E-state index contributed by atoms with van der Waals surface area (Å²) < 4.78 is 5.55. The Bertz CT molecular complexity index is 520. The van der Waals surface area contributed by atoms with Crippen LogP contribution in [-0.2, 0) is 4.79 Å². The summed E-state index contributed by atoms with van der Waals surface area (Å²) in [6.45, 7) is 4.95. The molecule has 1 amide bonds. The van der Waals surface area contributed by atoms with Gasteiger partial charge in [0, 0.05) is 25.2 Å². The summed E-state index contributed by atoms with van der Waals surface area (Å²) in [6.07, 6.45) is 3.65. The third kappa shape index (κ3) is 3.78. The van der Waals surface area contributed by atoms with Gasteiger partial charge in [-0.2, -0.15) is 0 Å². The van der Waals surface area contributed by atoms with Gasteiger partial charge in [0.2, 0.25) is 5.91 Å². The Morgan fingerprint density at radius 2 is 2.14 bits per heavy atom. The van der Waals surface area contributed by atoms with Crippen LogP contribution in [0.3, 0.4) is 0 Å². The normalized spacial score (nSPS) is 24.8.